The van der Waals surface area contributed by atoms with Gasteiger partial charge in [-0.1, -0.05) is 45.4 Å². The summed E-state index contributed by atoms with van der Waals surface area (Å²) in [5.41, 5.74) is 6.57. The van der Waals surface area contributed by atoms with Crippen LogP contribution >= 0.6 is 0 Å². The highest BCUT2D eigenvalue weighted by Gasteiger charge is 2.18. The summed E-state index contributed by atoms with van der Waals surface area (Å²) in [6.45, 7) is 2.04. The first kappa shape index (κ1) is 14.1. The molecule has 4 nitrogen and oxygen atoms in total. The van der Waals surface area contributed by atoms with E-state index in [-0.39, 0.29) is 5.56 Å². The van der Waals surface area contributed by atoms with E-state index < -0.39 is 0 Å². The van der Waals surface area contributed by atoms with Crippen molar-refractivity contribution in [3.63, 3.8) is 0 Å². The number of aromatic nitrogens is 2. The molecule has 0 atom stereocenters. The number of hydrogen-bond acceptors (Lipinski definition) is 3. The quantitative estimate of drug-likeness (QED) is 0.880. The molecule has 0 unspecified atom stereocenters. The second-order valence-electron chi connectivity index (χ2n) is 5.61. The van der Waals surface area contributed by atoms with Crippen LogP contribution in [0.4, 0.5) is 5.82 Å². The van der Waals surface area contributed by atoms with E-state index in [0.717, 1.165) is 25.1 Å². The Balaban J connectivity index is 2.21. The van der Waals surface area contributed by atoms with Crippen molar-refractivity contribution >= 4 is 5.82 Å². The molecule has 2 rings (SSSR count). The van der Waals surface area contributed by atoms with Crippen molar-refractivity contribution in [2.24, 2.45) is 0 Å². The van der Waals surface area contributed by atoms with E-state index in [1.54, 1.807) is 0 Å². The first-order valence-corrected chi connectivity index (χ1v) is 7.61. The van der Waals surface area contributed by atoms with Crippen LogP contribution in [-0.4, -0.2) is 9.97 Å². The van der Waals surface area contributed by atoms with Gasteiger partial charge in [0.2, 0.25) is 0 Å². The maximum Gasteiger partial charge on any atom is 0.256 e. The van der Waals surface area contributed by atoms with Crippen LogP contribution in [0.15, 0.2) is 4.79 Å². The van der Waals surface area contributed by atoms with E-state index in [4.69, 9.17) is 5.73 Å². The SMILES string of the molecule is CCCc1c(N)nc(C2CCCCCCC2)[nH]c1=O. The highest BCUT2D eigenvalue weighted by atomic mass is 16.1. The second kappa shape index (κ2) is 6.73. The van der Waals surface area contributed by atoms with Gasteiger partial charge < -0.3 is 10.7 Å². The Morgan fingerprint density at radius 1 is 1.21 bits per heavy atom. The van der Waals surface area contributed by atoms with E-state index in [9.17, 15) is 4.79 Å². The lowest BCUT2D eigenvalue weighted by molar-refractivity contribution is 0.441. The van der Waals surface area contributed by atoms with Crippen LogP contribution in [0.1, 0.15) is 75.6 Å². The van der Waals surface area contributed by atoms with Crippen molar-refractivity contribution in [2.45, 2.75) is 70.6 Å². The number of aromatic amines is 1. The zero-order valence-corrected chi connectivity index (χ0v) is 11.9. The summed E-state index contributed by atoms with van der Waals surface area (Å²) in [5, 5.41) is 0. The summed E-state index contributed by atoms with van der Waals surface area (Å²) in [6.07, 6.45) is 10.3. The summed E-state index contributed by atoms with van der Waals surface area (Å²) in [4.78, 5) is 19.5. The van der Waals surface area contributed by atoms with Gasteiger partial charge in [-0.15, -0.1) is 0 Å². The molecule has 1 aliphatic rings. The lowest BCUT2D eigenvalue weighted by atomic mass is 9.90. The molecule has 1 heterocycles. The molecular weight excluding hydrogens is 238 g/mol. The summed E-state index contributed by atoms with van der Waals surface area (Å²) >= 11 is 0. The monoisotopic (exact) mass is 263 g/mol. The molecule has 1 saturated carbocycles. The number of nitrogens with one attached hydrogen (secondary N) is 1. The van der Waals surface area contributed by atoms with Crippen molar-refractivity contribution in [1.29, 1.82) is 0 Å². The molecule has 0 aliphatic heterocycles. The number of nitrogen functional groups attached to an aromatic ring is 1. The third-order valence-corrected chi connectivity index (χ3v) is 4.06. The molecule has 1 aliphatic carbocycles. The standard InChI is InChI=1S/C15H25N3O/c1-2-8-12-13(16)17-14(18-15(12)19)11-9-6-4-3-5-7-10-11/h11H,2-10H2,1H3,(H3,16,17,18,19). The molecule has 0 bridgehead atoms. The normalized spacial score (nSPS) is 17.9. The highest BCUT2D eigenvalue weighted by Crippen LogP contribution is 2.28. The fourth-order valence-electron chi connectivity index (χ4n) is 2.95. The molecular formula is C15H25N3O. The smallest absolute Gasteiger partial charge is 0.256 e. The summed E-state index contributed by atoms with van der Waals surface area (Å²) in [6, 6.07) is 0. The Labute approximate surface area is 114 Å². The first-order chi connectivity index (χ1) is 9.22. The van der Waals surface area contributed by atoms with Crippen molar-refractivity contribution in [2.75, 3.05) is 5.73 Å². The fourth-order valence-corrected chi connectivity index (χ4v) is 2.95. The lowest BCUT2D eigenvalue weighted by Gasteiger charge is -2.19. The van der Waals surface area contributed by atoms with Crippen LogP contribution in [0.2, 0.25) is 0 Å². The number of hydrogen-bond donors (Lipinski definition) is 2. The zero-order valence-electron chi connectivity index (χ0n) is 11.9. The van der Waals surface area contributed by atoms with Crippen LogP contribution in [0.5, 0.6) is 0 Å². The van der Waals surface area contributed by atoms with E-state index in [1.807, 2.05) is 6.92 Å². The van der Waals surface area contributed by atoms with Gasteiger partial charge in [0.05, 0.1) is 5.56 Å². The second-order valence-corrected chi connectivity index (χ2v) is 5.61. The number of H-pyrrole nitrogens is 1. The summed E-state index contributed by atoms with van der Waals surface area (Å²) in [5.74, 6) is 1.62. The average Bonchev–Trinajstić information content (AvgIpc) is 2.33. The van der Waals surface area contributed by atoms with Gasteiger partial charge in [-0.25, -0.2) is 4.98 Å². The van der Waals surface area contributed by atoms with Crippen molar-refractivity contribution in [3.05, 3.63) is 21.7 Å². The zero-order chi connectivity index (χ0) is 13.7. The summed E-state index contributed by atoms with van der Waals surface area (Å²) in [7, 11) is 0. The van der Waals surface area contributed by atoms with Gasteiger partial charge in [-0.05, 0) is 19.3 Å². The minimum Gasteiger partial charge on any atom is -0.383 e. The van der Waals surface area contributed by atoms with Crippen molar-refractivity contribution in [1.82, 2.24) is 9.97 Å². The highest BCUT2D eigenvalue weighted by molar-refractivity contribution is 5.38. The molecule has 0 radical (unpaired) electrons. The molecule has 1 fully saturated rings. The first-order valence-electron chi connectivity index (χ1n) is 7.61. The largest absolute Gasteiger partial charge is 0.383 e. The number of nitrogens with two attached hydrogens (primary N) is 1. The van der Waals surface area contributed by atoms with E-state index in [0.29, 0.717) is 23.7 Å². The molecule has 0 spiro atoms. The Morgan fingerprint density at radius 3 is 2.42 bits per heavy atom. The van der Waals surface area contributed by atoms with Crippen LogP contribution in [-0.2, 0) is 6.42 Å². The van der Waals surface area contributed by atoms with Gasteiger partial charge in [-0.2, -0.15) is 0 Å². The molecule has 0 aromatic carbocycles. The lowest BCUT2D eigenvalue weighted by Crippen LogP contribution is -2.21. The van der Waals surface area contributed by atoms with Gasteiger partial charge in [0.15, 0.2) is 0 Å². The Morgan fingerprint density at radius 2 is 1.84 bits per heavy atom. The molecule has 0 saturated heterocycles. The predicted octanol–water partition coefficient (Wildman–Crippen LogP) is 3.13. The van der Waals surface area contributed by atoms with Crippen molar-refractivity contribution < 1.29 is 0 Å². The van der Waals surface area contributed by atoms with Crippen LogP contribution < -0.4 is 11.3 Å². The Kier molecular flexibility index (Phi) is 5.00. The molecule has 1 aromatic rings. The van der Waals surface area contributed by atoms with Crippen LogP contribution in [0.25, 0.3) is 0 Å². The van der Waals surface area contributed by atoms with Crippen LogP contribution in [0, 0.1) is 0 Å². The fraction of sp³-hybridized carbons (Fsp3) is 0.733. The maximum atomic E-state index is 12.1. The minimum absolute atomic E-state index is 0.0357. The van der Waals surface area contributed by atoms with Gasteiger partial charge in [0.1, 0.15) is 11.6 Å². The molecule has 19 heavy (non-hydrogen) atoms. The summed E-state index contributed by atoms with van der Waals surface area (Å²) < 4.78 is 0. The molecule has 1 aromatic heterocycles. The van der Waals surface area contributed by atoms with Gasteiger partial charge in [-0.3, -0.25) is 4.79 Å². The number of rotatable bonds is 3. The average molecular weight is 263 g/mol. The molecule has 3 N–H and O–H groups in total. The van der Waals surface area contributed by atoms with Gasteiger partial charge in [0, 0.05) is 5.92 Å². The third-order valence-electron chi connectivity index (χ3n) is 4.06. The molecule has 0 amide bonds. The van der Waals surface area contributed by atoms with E-state index in [1.165, 1.54) is 32.1 Å². The maximum absolute atomic E-state index is 12.1. The van der Waals surface area contributed by atoms with E-state index in [2.05, 4.69) is 9.97 Å². The number of anilines is 1. The van der Waals surface area contributed by atoms with Gasteiger partial charge >= 0.3 is 0 Å². The molecule has 106 valence electrons. The van der Waals surface area contributed by atoms with Gasteiger partial charge in [0.25, 0.3) is 5.56 Å². The number of nitrogens with zero attached hydrogens (tertiary/aromatic N) is 1. The Hall–Kier alpha value is -1.32. The topological polar surface area (TPSA) is 71.8 Å². The Bertz CT molecular complexity index is 459. The predicted molar refractivity (Wildman–Crippen MR) is 78.3 cm³/mol. The minimum atomic E-state index is -0.0357. The van der Waals surface area contributed by atoms with Crippen molar-refractivity contribution in [3.8, 4) is 0 Å². The van der Waals surface area contributed by atoms with E-state index >= 15 is 0 Å². The van der Waals surface area contributed by atoms with Crippen LogP contribution in [0.3, 0.4) is 0 Å². The third kappa shape index (κ3) is 3.58. The molecule has 4 heteroatoms.